The Balaban J connectivity index is 2.71. The molecule has 0 aliphatic carbocycles. The zero-order valence-corrected chi connectivity index (χ0v) is 10.8. The van der Waals surface area contributed by atoms with E-state index in [0.717, 1.165) is 6.42 Å². The van der Waals surface area contributed by atoms with Crippen LogP contribution >= 0.6 is 11.6 Å². The molecule has 17 heavy (non-hydrogen) atoms. The summed E-state index contributed by atoms with van der Waals surface area (Å²) in [7, 11) is 0. The van der Waals surface area contributed by atoms with Crippen LogP contribution in [-0.2, 0) is 0 Å². The molecular formula is C12H17ClN2O2. The van der Waals surface area contributed by atoms with Crippen LogP contribution in [0.3, 0.4) is 0 Å². The minimum atomic E-state index is -0.377. The highest BCUT2D eigenvalue weighted by atomic mass is 35.5. The molecule has 1 aromatic heterocycles. The van der Waals surface area contributed by atoms with Gasteiger partial charge in [0.05, 0.1) is 0 Å². The van der Waals surface area contributed by atoms with Crippen molar-refractivity contribution >= 4 is 17.5 Å². The Kier molecular flexibility index (Phi) is 5.22. The van der Waals surface area contributed by atoms with E-state index in [9.17, 15) is 9.59 Å². The molecule has 0 aliphatic rings. The van der Waals surface area contributed by atoms with Gasteiger partial charge in [-0.1, -0.05) is 13.8 Å². The van der Waals surface area contributed by atoms with Gasteiger partial charge in [0.1, 0.15) is 5.56 Å². The average Bonchev–Trinajstić information content (AvgIpc) is 2.27. The molecule has 5 heteroatoms. The molecule has 0 spiro atoms. The number of carbonyl (C=O) groups excluding carboxylic acids is 1. The molecule has 0 fully saturated rings. The van der Waals surface area contributed by atoms with Crippen molar-refractivity contribution in [3.8, 4) is 0 Å². The zero-order valence-electron chi connectivity index (χ0n) is 10.00. The van der Waals surface area contributed by atoms with Crippen LogP contribution in [0.5, 0.6) is 0 Å². The molecule has 2 N–H and O–H groups in total. The van der Waals surface area contributed by atoms with Gasteiger partial charge < -0.3 is 10.3 Å². The Morgan fingerprint density at radius 3 is 2.76 bits per heavy atom. The van der Waals surface area contributed by atoms with Gasteiger partial charge in [0.2, 0.25) is 0 Å². The van der Waals surface area contributed by atoms with E-state index in [1.54, 1.807) is 0 Å². The summed E-state index contributed by atoms with van der Waals surface area (Å²) in [5.41, 5.74) is -0.175. The topological polar surface area (TPSA) is 62.0 Å². The fraction of sp³-hybridized carbons (Fsp3) is 0.500. The van der Waals surface area contributed by atoms with Crippen molar-refractivity contribution in [2.45, 2.75) is 26.3 Å². The lowest BCUT2D eigenvalue weighted by Gasteiger charge is -2.17. The smallest absolute Gasteiger partial charge is 0.256 e. The van der Waals surface area contributed by atoms with Crippen LogP contribution in [0.15, 0.2) is 23.3 Å². The lowest BCUT2D eigenvalue weighted by Crippen LogP contribution is -2.39. The molecule has 1 amide bonds. The van der Waals surface area contributed by atoms with Gasteiger partial charge in [-0.25, -0.2) is 0 Å². The molecule has 0 saturated heterocycles. The molecule has 1 aromatic rings. The molecule has 1 rings (SSSR count). The van der Waals surface area contributed by atoms with E-state index < -0.39 is 0 Å². The van der Waals surface area contributed by atoms with Crippen LogP contribution in [0.1, 0.15) is 30.6 Å². The summed E-state index contributed by atoms with van der Waals surface area (Å²) in [5, 5.41) is 2.76. The number of aromatic amines is 1. The molecule has 4 nitrogen and oxygen atoms in total. The Morgan fingerprint density at radius 1 is 1.53 bits per heavy atom. The van der Waals surface area contributed by atoms with Crippen molar-refractivity contribution in [1.82, 2.24) is 10.3 Å². The highest BCUT2D eigenvalue weighted by molar-refractivity contribution is 6.18. The quantitative estimate of drug-likeness (QED) is 0.789. The molecule has 0 aromatic carbocycles. The van der Waals surface area contributed by atoms with E-state index >= 15 is 0 Å². The fourth-order valence-electron chi connectivity index (χ4n) is 1.59. The number of hydrogen-bond acceptors (Lipinski definition) is 2. The highest BCUT2D eigenvalue weighted by Gasteiger charge is 2.15. The van der Waals surface area contributed by atoms with Crippen molar-refractivity contribution in [1.29, 1.82) is 0 Å². The maximum atomic E-state index is 11.8. The van der Waals surface area contributed by atoms with Crippen LogP contribution in [0, 0.1) is 5.92 Å². The third kappa shape index (κ3) is 4.23. The van der Waals surface area contributed by atoms with Gasteiger partial charge in [-0.15, -0.1) is 11.6 Å². The maximum absolute atomic E-state index is 11.8. The predicted octanol–water partition coefficient (Wildman–Crippen LogP) is 1.76. The van der Waals surface area contributed by atoms with Crippen LogP contribution in [-0.4, -0.2) is 22.8 Å². The summed E-state index contributed by atoms with van der Waals surface area (Å²) < 4.78 is 0. The standard InChI is InChI=1S/C12H17ClN2O2/c1-8(2)5-9(6-13)15-12(17)10-7-14-4-3-11(10)16/h3-4,7-9H,5-6H2,1-2H3,(H,14,16)(H,15,17). The molecule has 0 radical (unpaired) electrons. The highest BCUT2D eigenvalue weighted by Crippen LogP contribution is 2.06. The number of amides is 1. The Labute approximate surface area is 105 Å². The molecule has 1 heterocycles. The number of H-pyrrole nitrogens is 1. The Bertz CT molecular complexity index is 429. The average molecular weight is 257 g/mol. The number of pyridine rings is 1. The molecule has 1 unspecified atom stereocenters. The van der Waals surface area contributed by atoms with Gasteiger partial charge in [-0.3, -0.25) is 9.59 Å². The summed E-state index contributed by atoms with van der Waals surface area (Å²) >= 11 is 5.78. The van der Waals surface area contributed by atoms with E-state index in [1.807, 2.05) is 0 Å². The summed E-state index contributed by atoms with van der Waals surface area (Å²) in [6, 6.07) is 1.22. The Hall–Kier alpha value is -1.29. The first kappa shape index (κ1) is 13.8. The molecule has 0 aliphatic heterocycles. The van der Waals surface area contributed by atoms with E-state index in [2.05, 4.69) is 24.1 Å². The van der Waals surface area contributed by atoms with E-state index in [-0.39, 0.29) is 22.9 Å². The lowest BCUT2D eigenvalue weighted by molar-refractivity contribution is 0.0935. The van der Waals surface area contributed by atoms with Crippen molar-refractivity contribution < 1.29 is 4.79 Å². The first-order chi connectivity index (χ1) is 8.04. The van der Waals surface area contributed by atoms with Crippen molar-refractivity contribution in [2.24, 2.45) is 5.92 Å². The lowest BCUT2D eigenvalue weighted by atomic mass is 10.0. The van der Waals surface area contributed by atoms with Crippen molar-refractivity contribution in [2.75, 3.05) is 5.88 Å². The molecule has 94 valence electrons. The zero-order chi connectivity index (χ0) is 12.8. The second-order valence-corrected chi connectivity index (χ2v) is 4.69. The molecule has 0 saturated carbocycles. The Morgan fingerprint density at radius 2 is 2.24 bits per heavy atom. The normalized spacial score (nSPS) is 12.5. The third-order valence-electron chi connectivity index (χ3n) is 2.35. The second-order valence-electron chi connectivity index (χ2n) is 4.38. The van der Waals surface area contributed by atoms with Gasteiger partial charge in [0, 0.05) is 30.4 Å². The van der Waals surface area contributed by atoms with Gasteiger partial charge in [-0.05, 0) is 12.3 Å². The summed E-state index contributed by atoms with van der Waals surface area (Å²) in [6.45, 7) is 4.11. The molecule has 1 atom stereocenters. The van der Waals surface area contributed by atoms with E-state index in [4.69, 9.17) is 11.6 Å². The third-order valence-corrected chi connectivity index (χ3v) is 2.72. The van der Waals surface area contributed by atoms with Crippen LogP contribution in [0.4, 0.5) is 0 Å². The number of halogens is 1. The minimum absolute atomic E-state index is 0.108. The number of hydrogen-bond donors (Lipinski definition) is 2. The van der Waals surface area contributed by atoms with Crippen molar-refractivity contribution in [3.63, 3.8) is 0 Å². The van der Waals surface area contributed by atoms with Gasteiger partial charge >= 0.3 is 0 Å². The number of aromatic nitrogens is 1. The van der Waals surface area contributed by atoms with Crippen LogP contribution < -0.4 is 10.7 Å². The summed E-state index contributed by atoms with van der Waals surface area (Å²) in [4.78, 5) is 26.0. The molecule has 0 bridgehead atoms. The number of alkyl halides is 1. The monoisotopic (exact) mass is 256 g/mol. The fourth-order valence-corrected chi connectivity index (χ4v) is 1.79. The summed E-state index contributed by atoms with van der Waals surface area (Å²) in [6.07, 6.45) is 3.69. The summed E-state index contributed by atoms with van der Waals surface area (Å²) in [5.74, 6) is 0.403. The van der Waals surface area contributed by atoms with E-state index in [0.29, 0.717) is 11.8 Å². The number of carbonyl (C=O) groups is 1. The second kappa shape index (κ2) is 6.45. The SMILES string of the molecule is CC(C)CC(CCl)NC(=O)c1c[nH]ccc1=O. The van der Waals surface area contributed by atoms with Crippen molar-refractivity contribution in [3.05, 3.63) is 34.2 Å². The van der Waals surface area contributed by atoms with Gasteiger partial charge in [0.25, 0.3) is 5.91 Å². The largest absolute Gasteiger partial charge is 0.367 e. The van der Waals surface area contributed by atoms with E-state index in [1.165, 1.54) is 18.5 Å². The van der Waals surface area contributed by atoms with Gasteiger partial charge in [-0.2, -0.15) is 0 Å². The molecular weight excluding hydrogens is 240 g/mol. The first-order valence-electron chi connectivity index (χ1n) is 5.58. The van der Waals surface area contributed by atoms with Crippen LogP contribution in [0.2, 0.25) is 0 Å². The number of rotatable bonds is 5. The maximum Gasteiger partial charge on any atom is 0.256 e. The first-order valence-corrected chi connectivity index (χ1v) is 6.12. The predicted molar refractivity (Wildman–Crippen MR) is 68.5 cm³/mol. The van der Waals surface area contributed by atoms with Gasteiger partial charge in [0.15, 0.2) is 5.43 Å². The number of nitrogens with one attached hydrogen (secondary N) is 2. The minimum Gasteiger partial charge on any atom is -0.367 e. The van der Waals surface area contributed by atoms with Crippen LogP contribution in [0.25, 0.3) is 0 Å².